The van der Waals surface area contributed by atoms with Crippen molar-refractivity contribution in [3.63, 3.8) is 0 Å². The van der Waals surface area contributed by atoms with Crippen LogP contribution in [0, 0.1) is 11.8 Å². The van der Waals surface area contributed by atoms with Crippen LogP contribution in [-0.2, 0) is 11.5 Å². The molecule has 0 saturated heterocycles. The van der Waals surface area contributed by atoms with E-state index < -0.39 is 5.91 Å². The van der Waals surface area contributed by atoms with Gasteiger partial charge in [-0.05, 0) is 24.1 Å². The van der Waals surface area contributed by atoms with Gasteiger partial charge in [0.25, 0.3) is 11.8 Å². The average molecular weight is 394 g/mol. The maximum atomic E-state index is 12.1. The number of pyridine rings is 1. The van der Waals surface area contributed by atoms with Gasteiger partial charge >= 0.3 is 0 Å². The van der Waals surface area contributed by atoms with Gasteiger partial charge in [0, 0.05) is 23.5 Å². The van der Waals surface area contributed by atoms with Crippen LogP contribution in [0.1, 0.15) is 31.2 Å². The highest BCUT2D eigenvalue weighted by Crippen LogP contribution is 2.18. The van der Waals surface area contributed by atoms with E-state index in [1.54, 1.807) is 30.5 Å². The molecule has 0 aliphatic rings. The molecule has 132 valence electrons. The van der Waals surface area contributed by atoms with Gasteiger partial charge in [0.05, 0.1) is 16.6 Å². The summed E-state index contributed by atoms with van der Waals surface area (Å²) >= 11 is 1.07. The van der Waals surface area contributed by atoms with Gasteiger partial charge in [-0.15, -0.1) is 4.36 Å². The number of hydrogen-bond donors (Lipinski definition) is 1. The Kier molecular flexibility index (Phi) is 5.94. The number of benzene rings is 1. The second-order valence-electron chi connectivity index (χ2n) is 5.03. The SMILES string of the molecule is O=S=NC(=O)c1cncc(C#Cc2cnc(NC(=O)c3ccccc3)s2)c1. The number of aromatic nitrogens is 2. The molecule has 1 aromatic carbocycles. The van der Waals surface area contributed by atoms with Crippen LogP contribution in [0.25, 0.3) is 0 Å². The summed E-state index contributed by atoms with van der Waals surface area (Å²) in [5, 5.41) is 3.15. The summed E-state index contributed by atoms with van der Waals surface area (Å²) in [7, 11) is 0. The topological polar surface area (TPSA) is 101 Å². The van der Waals surface area contributed by atoms with E-state index in [1.165, 1.54) is 29.8 Å². The zero-order valence-corrected chi connectivity index (χ0v) is 15.2. The number of carbonyl (C=O) groups excluding carboxylic acids is 2. The molecule has 0 bridgehead atoms. The molecule has 1 N–H and O–H groups in total. The predicted octanol–water partition coefficient (Wildman–Crippen LogP) is 2.73. The molecular weight excluding hydrogens is 384 g/mol. The molecule has 0 spiro atoms. The largest absolute Gasteiger partial charge is 0.298 e. The number of rotatable bonds is 3. The number of hydrogen-bond acceptors (Lipinski definition) is 6. The molecule has 0 unspecified atom stereocenters. The number of amides is 2. The number of carbonyl (C=O) groups is 2. The molecule has 0 aliphatic heterocycles. The quantitative estimate of drug-likeness (QED) is 0.688. The Morgan fingerprint density at radius 1 is 1.07 bits per heavy atom. The zero-order chi connectivity index (χ0) is 19.1. The Balaban J connectivity index is 1.72. The molecule has 7 nitrogen and oxygen atoms in total. The predicted molar refractivity (Wildman–Crippen MR) is 102 cm³/mol. The van der Waals surface area contributed by atoms with E-state index in [9.17, 15) is 13.8 Å². The van der Waals surface area contributed by atoms with Gasteiger partial charge in [0.1, 0.15) is 0 Å². The normalized spacial score (nSPS) is 9.63. The van der Waals surface area contributed by atoms with Crippen LogP contribution in [0.2, 0.25) is 0 Å². The molecule has 2 amide bonds. The third-order valence-corrected chi connectivity index (χ3v) is 4.27. The number of nitrogens with one attached hydrogen (secondary N) is 1. The first-order chi connectivity index (χ1) is 13.2. The van der Waals surface area contributed by atoms with E-state index in [0.29, 0.717) is 21.1 Å². The van der Waals surface area contributed by atoms with E-state index in [2.05, 4.69) is 31.5 Å². The van der Waals surface area contributed by atoms with Gasteiger partial charge < -0.3 is 0 Å². The number of anilines is 1. The average Bonchev–Trinajstić information content (AvgIpc) is 3.15. The molecule has 0 fully saturated rings. The van der Waals surface area contributed by atoms with Gasteiger partial charge in [-0.2, -0.15) is 4.21 Å². The van der Waals surface area contributed by atoms with E-state index in [0.717, 1.165) is 0 Å². The van der Waals surface area contributed by atoms with Crippen LogP contribution in [-0.4, -0.2) is 26.0 Å². The van der Waals surface area contributed by atoms with E-state index in [1.807, 2.05) is 6.07 Å². The highest BCUT2D eigenvalue weighted by atomic mass is 32.1. The Morgan fingerprint density at radius 3 is 2.67 bits per heavy atom. The fourth-order valence-electron chi connectivity index (χ4n) is 1.99. The minimum Gasteiger partial charge on any atom is -0.298 e. The lowest BCUT2D eigenvalue weighted by molar-refractivity contribution is 0.100. The first kappa shape index (κ1) is 18.3. The lowest BCUT2D eigenvalue weighted by atomic mass is 10.2. The molecule has 2 heterocycles. The second kappa shape index (κ2) is 8.75. The van der Waals surface area contributed by atoms with Gasteiger partial charge in [-0.25, -0.2) is 4.98 Å². The summed E-state index contributed by atoms with van der Waals surface area (Å²) < 4.78 is 13.5. The summed E-state index contributed by atoms with van der Waals surface area (Å²) in [6.45, 7) is 0. The van der Waals surface area contributed by atoms with Gasteiger partial charge in [0.2, 0.25) is 11.5 Å². The molecular formula is C18H10N4O3S2. The van der Waals surface area contributed by atoms with Crippen molar-refractivity contribution >= 4 is 39.7 Å². The Bertz CT molecular complexity index is 1110. The minimum atomic E-state index is -0.658. The molecule has 0 saturated carbocycles. The van der Waals surface area contributed by atoms with Gasteiger partial charge in [0.15, 0.2) is 5.13 Å². The summed E-state index contributed by atoms with van der Waals surface area (Å²) in [6.07, 6.45) is 4.36. The highest BCUT2D eigenvalue weighted by Gasteiger charge is 2.08. The Hall–Kier alpha value is -3.48. The molecule has 27 heavy (non-hydrogen) atoms. The molecule has 0 aliphatic carbocycles. The standard InChI is InChI=1S/C18H10N4O3S2/c23-16(13-4-2-1-3-5-13)21-18-20-11-15(26-18)7-6-12-8-14(10-19-9-12)17(24)22-27-25/h1-5,8-11H,(H,20,21,23). The molecule has 0 atom stereocenters. The molecule has 2 aromatic heterocycles. The second-order valence-corrected chi connectivity index (χ2v) is 6.40. The van der Waals surface area contributed by atoms with Crippen molar-refractivity contribution in [1.82, 2.24) is 9.97 Å². The van der Waals surface area contributed by atoms with E-state index >= 15 is 0 Å². The van der Waals surface area contributed by atoms with Crippen LogP contribution in [0.4, 0.5) is 5.13 Å². The van der Waals surface area contributed by atoms with E-state index in [-0.39, 0.29) is 22.9 Å². The fourth-order valence-corrected chi connectivity index (χ4v) is 2.83. The van der Waals surface area contributed by atoms with Crippen molar-refractivity contribution in [2.75, 3.05) is 5.32 Å². The van der Waals surface area contributed by atoms with Crippen molar-refractivity contribution in [3.05, 3.63) is 76.6 Å². The molecule has 0 radical (unpaired) electrons. The zero-order valence-electron chi connectivity index (χ0n) is 13.6. The van der Waals surface area contributed by atoms with Gasteiger partial charge in [-0.3, -0.25) is 19.9 Å². The Morgan fingerprint density at radius 2 is 1.89 bits per heavy atom. The fraction of sp³-hybridized carbons (Fsp3) is 0. The monoisotopic (exact) mass is 394 g/mol. The maximum absolute atomic E-state index is 12.1. The van der Waals surface area contributed by atoms with Crippen molar-refractivity contribution < 1.29 is 13.8 Å². The Labute approximate surface area is 161 Å². The van der Waals surface area contributed by atoms with Crippen molar-refractivity contribution in [3.8, 4) is 11.8 Å². The van der Waals surface area contributed by atoms with Crippen LogP contribution in [0.5, 0.6) is 0 Å². The van der Waals surface area contributed by atoms with Crippen LogP contribution >= 0.6 is 11.3 Å². The maximum Gasteiger partial charge on any atom is 0.291 e. The summed E-state index contributed by atoms with van der Waals surface area (Å²) in [4.78, 5) is 32.3. The molecule has 9 heteroatoms. The first-order valence-electron chi connectivity index (χ1n) is 7.49. The van der Waals surface area contributed by atoms with Crippen LogP contribution in [0.3, 0.4) is 0 Å². The van der Waals surface area contributed by atoms with Crippen molar-refractivity contribution in [1.29, 1.82) is 0 Å². The summed E-state index contributed by atoms with van der Waals surface area (Å²) in [6, 6.07) is 10.3. The smallest absolute Gasteiger partial charge is 0.291 e. The highest BCUT2D eigenvalue weighted by molar-refractivity contribution is 7.55. The molecule has 3 rings (SSSR count). The minimum absolute atomic E-state index is 0.153. The van der Waals surface area contributed by atoms with Crippen LogP contribution in [0.15, 0.2) is 59.4 Å². The molecule has 3 aromatic rings. The first-order valence-corrected chi connectivity index (χ1v) is 9.01. The van der Waals surface area contributed by atoms with E-state index in [4.69, 9.17) is 0 Å². The van der Waals surface area contributed by atoms with Crippen molar-refractivity contribution in [2.45, 2.75) is 0 Å². The third kappa shape index (κ3) is 5.01. The van der Waals surface area contributed by atoms with Crippen molar-refractivity contribution in [2.24, 2.45) is 4.36 Å². The lowest BCUT2D eigenvalue weighted by Gasteiger charge is -2.00. The van der Waals surface area contributed by atoms with Gasteiger partial charge in [-0.1, -0.05) is 35.5 Å². The van der Waals surface area contributed by atoms with Crippen LogP contribution < -0.4 is 5.32 Å². The summed E-state index contributed by atoms with van der Waals surface area (Å²) in [5.74, 6) is 4.85. The number of thiazole rings is 1. The lowest BCUT2D eigenvalue weighted by Crippen LogP contribution is -2.11. The third-order valence-electron chi connectivity index (χ3n) is 3.20. The summed E-state index contributed by atoms with van der Waals surface area (Å²) in [5.41, 5.74) is 1.22. The number of nitrogens with zero attached hydrogens (tertiary/aromatic N) is 3.